The van der Waals surface area contributed by atoms with Crippen LogP contribution in [0.4, 0.5) is 0 Å². The van der Waals surface area contributed by atoms with E-state index < -0.39 is 0 Å². The molecule has 2 aromatic rings. The van der Waals surface area contributed by atoms with Gasteiger partial charge in [-0.05, 0) is 17.7 Å². The minimum absolute atomic E-state index is 0.121. The second-order valence-corrected chi connectivity index (χ2v) is 5.90. The lowest BCUT2D eigenvalue weighted by molar-refractivity contribution is -0.121. The van der Waals surface area contributed by atoms with Crippen molar-refractivity contribution in [1.82, 2.24) is 14.9 Å². The van der Waals surface area contributed by atoms with Crippen molar-refractivity contribution in [1.29, 1.82) is 0 Å². The Bertz CT molecular complexity index is 680. The van der Waals surface area contributed by atoms with Crippen molar-refractivity contribution >= 4 is 17.7 Å². The number of benzene rings is 1. The first-order chi connectivity index (χ1) is 11.6. The number of thioether (sulfide) groups is 1. The number of hydrogen-bond acceptors (Lipinski definition) is 6. The molecule has 1 aromatic heterocycles. The summed E-state index contributed by atoms with van der Waals surface area (Å²) in [6.07, 6.45) is 1.58. The summed E-state index contributed by atoms with van der Waals surface area (Å²) in [5.74, 6) is 1.92. The zero-order chi connectivity index (χ0) is 17.5. The number of aliphatic hydroxyl groups excluding tert-OH is 1. The molecule has 1 heterocycles. The maximum atomic E-state index is 11.7. The molecule has 0 saturated carbocycles. The van der Waals surface area contributed by atoms with E-state index in [0.29, 0.717) is 16.6 Å². The Balaban J connectivity index is 2.17. The molecule has 0 radical (unpaired) electrons. The minimum atomic E-state index is -0.169. The van der Waals surface area contributed by atoms with E-state index in [0.717, 1.165) is 17.1 Å². The third-order valence-corrected chi connectivity index (χ3v) is 4.49. The number of hydrogen-bond donors (Lipinski definition) is 2. The molecule has 130 valence electrons. The maximum Gasteiger partial charge on any atom is 0.239 e. The van der Waals surface area contributed by atoms with Crippen molar-refractivity contribution in [3.05, 3.63) is 35.7 Å². The highest BCUT2D eigenvalue weighted by molar-refractivity contribution is 7.98. The summed E-state index contributed by atoms with van der Waals surface area (Å²) < 4.78 is 12.2. The van der Waals surface area contributed by atoms with E-state index >= 15 is 0 Å². The summed E-state index contributed by atoms with van der Waals surface area (Å²) in [6.45, 7) is -0.0479. The number of rotatable bonds is 8. The highest BCUT2D eigenvalue weighted by atomic mass is 32.2. The number of ether oxygens (including phenoxy) is 2. The Morgan fingerprint density at radius 1 is 1.29 bits per heavy atom. The number of nitrogens with zero attached hydrogens (tertiary/aromatic N) is 2. The molecule has 0 aliphatic rings. The average Bonchev–Trinajstić information content (AvgIpc) is 3.00. The summed E-state index contributed by atoms with van der Waals surface area (Å²) in [6, 6.07) is 5.66. The van der Waals surface area contributed by atoms with Gasteiger partial charge in [0.05, 0.1) is 32.7 Å². The number of carbonyl (C=O) groups excluding carboxylic acids is 1. The molecule has 0 bridgehead atoms. The molecule has 0 spiro atoms. The number of amides is 1. The van der Waals surface area contributed by atoms with Gasteiger partial charge in [0.15, 0.2) is 5.16 Å². The first kappa shape index (κ1) is 18.2. The fourth-order valence-electron chi connectivity index (χ4n) is 2.12. The lowest BCUT2D eigenvalue weighted by Gasteiger charge is -2.11. The van der Waals surface area contributed by atoms with Gasteiger partial charge in [-0.3, -0.25) is 4.79 Å². The van der Waals surface area contributed by atoms with Gasteiger partial charge in [0, 0.05) is 18.9 Å². The van der Waals surface area contributed by atoms with Crippen LogP contribution < -0.4 is 14.8 Å². The molecule has 1 aromatic carbocycles. The minimum Gasteiger partial charge on any atom is -0.497 e. The second-order valence-electron chi connectivity index (χ2n) is 4.96. The Kier molecular flexibility index (Phi) is 6.51. The van der Waals surface area contributed by atoms with Crippen molar-refractivity contribution < 1.29 is 19.4 Å². The lowest BCUT2D eigenvalue weighted by Crippen LogP contribution is -2.24. The van der Waals surface area contributed by atoms with Crippen LogP contribution in [0.25, 0.3) is 0 Å². The molecule has 1 amide bonds. The number of nitrogens with one attached hydrogen (secondary N) is 1. The Morgan fingerprint density at radius 2 is 1.96 bits per heavy atom. The van der Waals surface area contributed by atoms with Gasteiger partial charge >= 0.3 is 0 Å². The van der Waals surface area contributed by atoms with Crippen molar-refractivity contribution in [2.24, 2.45) is 0 Å². The predicted octanol–water partition coefficient (Wildman–Crippen LogP) is 1.43. The van der Waals surface area contributed by atoms with Crippen LogP contribution in [-0.2, 0) is 23.7 Å². The molecular weight excluding hydrogens is 330 g/mol. The monoisotopic (exact) mass is 351 g/mol. The third-order valence-electron chi connectivity index (χ3n) is 3.42. The largest absolute Gasteiger partial charge is 0.497 e. The van der Waals surface area contributed by atoms with E-state index in [1.54, 1.807) is 32.0 Å². The number of aromatic nitrogens is 2. The molecule has 2 N–H and O–H groups in total. The van der Waals surface area contributed by atoms with Gasteiger partial charge in [-0.2, -0.15) is 0 Å². The number of aliphatic hydroxyl groups is 1. The van der Waals surface area contributed by atoms with Crippen LogP contribution in [0.5, 0.6) is 11.5 Å². The third kappa shape index (κ3) is 4.42. The first-order valence-electron chi connectivity index (χ1n) is 7.31. The normalized spacial score (nSPS) is 10.5. The summed E-state index contributed by atoms with van der Waals surface area (Å²) in [7, 11) is 4.79. The quantitative estimate of drug-likeness (QED) is 0.700. The summed E-state index contributed by atoms with van der Waals surface area (Å²) in [4.78, 5) is 16.0. The summed E-state index contributed by atoms with van der Waals surface area (Å²) >= 11 is 1.48. The molecule has 0 atom stereocenters. The van der Waals surface area contributed by atoms with E-state index in [9.17, 15) is 9.90 Å². The zero-order valence-electron chi connectivity index (χ0n) is 13.9. The van der Waals surface area contributed by atoms with Crippen LogP contribution in [0.2, 0.25) is 0 Å². The van der Waals surface area contributed by atoms with Gasteiger partial charge in [0.25, 0.3) is 0 Å². The Hall–Kier alpha value is -2.19. The molecule has 0 saturated heterocycles. The number of imidazole rings is 1. The Morgan fingerprint density at radius 3 is 2.50 bits per heavy atom. The molecule has 0 unspecified atom stereocenters. The highest BCUT2D eigenvalue weighted by Gasteiger charge is 2.13. The zero-order valence-corrected chi connectivity index (χ0v) is 14.7. The topological polar surface area (TPSA) is 85.6 Å². The van der Waals surface area contributed by atoms with E-state index in [4.69, 9.17) is 9.47 Å². The van der Waals surface area contributed by atoms with Gasteiger partial charge in [0.2, 0.25) is 5.91 Å². The molecular formula is C16H21N3O4S. The van der Waals surface area contributed by atoms with Gasteiger partial charge in [-0.25, -0.2) is 4.98 Å². The van der Waals surface area contributed by atoms with Crippen LogP contribution in [0.1, 0.15) is 11.3 Å². The summed E-state index contributed by atoms with van der Waals surface area (Å²) in [5, 5.41) is 12.6. The van der Waals surface area contributed by atoms with Crippen LogP contribution in [0, 0.1) is 0 Å². The van der Waals surface area contributed by atoms with Crippen molar-refractivity contribution in [3.63, 3.8) is 0 Å². The van der Waals surface area contributed by atoms with E-state index in [-0.39, 0.29) is 19.1 Å². The standard InChI is InChI=1S/C16H21N3O4S/c1-17-15(21)8-19-12(9-20)7-18-16(19)24-10-11-4-13(22-2)6-14(5-11)23-3/h4-7,20H,8-10H2,1-3H3,(H,17,21). The van der Waals surface area contributed by atoms with E-state index in [1.165, 1.54) is 11.8 Å². The molecule has 8 heteroatoms. The van der Waals surface area contributed by atoms with Crippen LogP contribution in [0.15, 0.2) is 29.6 Å². The van der Waals surface area contributed by atoms with Gasteiger partial charge in [-0.15, -0.1) is 0 Å². The smallest absolute Gasteiger partial charge is 0.239 e. The van der Waals surface area contributed by atoms with Crippen LogP contribution in [0.3, 0.4) is 0 Å². The van der Waals surface area contributed by atoms with Crippen molar-refractivity contribution in [3.8, 4) is 11.5 Å². The highest BCUT2D eigenvalue weighted by Crippen LogP contribution is 2.28. The number of methoxy groups -OCH3 is 2. The van der Waals surface area contributed by atoms with Crippen LogP contribution >= 0.6 is 11.8 Å². The number of likely N-dealkylation sites (N-methyl/N-ethyl adjacent to an activating group) is 1. The van der Waals surface area contributed by atoms with Gasteiger partial charge in [0.1, 0.15) is 18.0 Å². The number of carbonyl (C=O) groups is 1. The fourth-order valence-corrected chi connectivity index (χ4v) is 3.05. The maximum absolute atomic E-state index is 11.7. The fraction of sp³-hybridized carbons (Fsp3) is 0.375. The second kappa shape index (κ2) is 8.60. The van der Waals surface area contributed by atoms with Crippen molar-refractivity contribution in [2.75, 3.05) is 21.3 Å². The van der Waals surface area contributed by atoms with Gasteiger partial charge in [-0.1, -0.05) is 11.8 Å². The molecule has 0 aliphatic carbocycles. The Labute approximate surface area is 145 Å². The SMILES string of the molecule is CNC(=O)Cn1c(CO)cnc1SCc1cc(OC)cc(OC)c1. The van der Waals surface area contributed by atoms with Crippen LogP contribution in [-0.4, -0.2) is 41.8 Å². The van der Waals surface area contributed by atoms with E-state index in [2.05, 4.69) is 10.3 Å². The predicted molar refractivity (Wildman–Crippen MR) is 91.3 cm³/mol. The molecule has 0 aliphatic heterocycles. The van der Waals surface area contributed by atoms with Crippen molar-refractivity contribution in [2.45, 2.75) is 24.1 Å². The molecule has 24 heavy (non-hydrogen) atoms. The molecule has 7 nitrogen and oxygen atoms in total. The van der Waals surface area contributed by atoms with Gasteiger partial charge < -0.3 is 24.5 Å². The molecule has 0 fully saturated rings. The first-order valence-corrected chi connectivity index (χ1v) is 8.30. The molecule has 2 rings (SSSR count). The average molecular weight is 351 g/mol. The summed E-state index contributed by atoms with van der Waals surface area (Å²) in [5.41, 5.74) is 1.61. The van der Waals surface area contributed by atoms with E-state index in [1.807, 2.05) is 18.2 Å². The lowest BCUT2D eigenvalue weighted by atomic mass is 10.2.